The van der Waals surface area contributed by atoms with Crippen molar-refractivity contribution in [1.29, 1.82) is 0 Å². The van der Waals surface area contributed by atoms with Crippen molar-refractivity contribution in [1.82, 2.24) is 4.90 Å². The summed E-state index contributed by atoms with van der Waals surface area (Å²) < 4.78 is 0. The van der Waals surface area contributed by atoms with Crippen molar-refractivity contribution in [3.63, 3.8) is 0 Å². The van der Waals surface area contributed by atoms with Crippen LogP contribution in [-0.4, -0.2) is 21.9 Å². The van der Waals surface area contributed by atoms with Crippen molar-refractivity contribution in [3.8, 4) is 0 Å². The first-order valence-corrected chi connectivity index (χ1v) is 6.23. The Morgan fingerprint density at radius 1 is 1.50 bits per heavy atom. The summed E-state index contributed by atoms with van der Waals surface area (Å²) in [5.41, 5.74) is 2.65. The number of β-lactam (4-membered cyclic amide) rings is 1. The molecule has 0 aromatic rings. The van der Waals surface area contributed by atoms with E-state index in [0.29, 0.717) is 17.2 Å². The van der Waals surface area contributed by atoms with Gasteiger partial charge in [-0.3, -0.25) is 4.79 Å². The molecule has 0 N–H and O–H groups in total. The molecule has 2 atom stereocenters. The molecule has 14 heavy (non-hydrogen) atoms. The van der Waals surface area contributed by atoms with Crippen LogP contribution < -0.4 is 0 Å². The van der Waals surface area contributed by atoms with Crippen LogP contribution in [0.3, 0.4) is 0 Å². The Morgan fingerprint density at radius 2 is 2.14 bits per heavy atom. The van der Waals surface area contributed by atoms with Gasteiger partial charge in [0.1, 0.15) is 0 Å². The second-order valence-electron chi connectivity index (χ2n) is 4.46. The van der Waals surface area contributed by atoms with Gasteiger partial charge in [0.15, 0.2) is 0 Å². The summed E-state index contributed by atoms with van der Waals surface area (Å²) in [6, 6.07) is 0. The van der Waals surface area contributed by atoms with Gasteiger partial charge >= 0.3 is 0 Å². The molecule has 2 aliphatic heterocycles. The predicted octanol–water partition coefficient (Wildman–Crippen LogP) is 2.47. The first kappa shape index (κ1) is 10.1. The Bertz CT molecular complexity index is 308. The molecule has 0 saturated carbocycles. The Morgan fingerprint density at radius 3 is 2.71 bits per heavy atom. The van der Waals surface area contributed by atoms with Crippen molar-refractivity contribution in [2.45, 2.75) is 33.1 Å². The van der Waals surface area contributed by atoms with Crippen LogP contribution in [0.5, 0.6) is 0 Å². The molecular formula is C11H17NOS. The molecule has 0 bridgehead atoms. The lowest BCUT2D eigenvalue weighted by molar-refractivity contribution is -0.145. The largest absolute Gasteiger partial charge is 0.303 e. The van der Waals surface area contributed by atoms with Gasteiger partial charge in [-0.05, 0) is 18.4 Å². The highest BCUT2D eigenvalue weighted by molar-refractivity contribution is 8.00. The lowest BCUT2D eigenvalue weighted by Crippen LogP contribution is -2.58. The molecule has 0 aromatic heterocycles. The van der Waals surface area contributed by atoms with Gasteiger partial charge in [0.25, 0.3) is 0 Å². The molecule has 2 heterocycles. The highest BCUT2D eigenvalue weighted by atomic mass is 32.2. The van der Waals surface area contributed by atoms with Gasteiger partial charge in [0.2, 0.25) is 5.91 Å². The smallest absolute Gasteiger partial charge is 0.233 e. The third-order valence-electron chi connectivity index (χ3n) is 3.24. The molecule has 0 spiro atoms. The molecular weight excluding hydrogens is 194 g/mol. The van der Waals surface area contributed by atoms with E-state index in [1.165, 1.54) is 11.3 Å². The van der Waals surface area contributed by atoms with Gasteiger partial charge in [-0.2, -0.15) is 0 Å². The first-order chi connectivity index (χ1) is 6.54. The van der Waals surface area contributed by atoms with Crippen molar-refractivity contribution in [2.24, 2.45) is 11.8 Å². The summed E-state index contributed by atoms with van der Waals surface area (Å²) in [7, 11) is 0. The summed E-state index contributed by atoms with van der Waals surface area (Å²) in [6.45, 7) is 8.52. The average Bonchev–Trinajstić information content (AvgIpc) is 2.15. The zero-order valence-electron chi connectivity index (χ0n) is 9.20. The highest BCUT2D eigenvalue weighted by Gasteiger charge is 2.47. The molecule has 0 aromatic carbocycles. The fraction of sp³-hybridized carbons (Fsp3) is 0.727. The molecule has 2 aliphatic rings. The van der Waals surface area contributed by atoms with Gasteiger partial charge in [-0.15, -0.1) is 11.8 Å². The van der Waals surface area contributed by atoms with E-state index >= 15 is 0 Å². The Kier molecular flexibility index (Phi) is 2.38. The van der Waals surface area contributed by atoms with E-state index in [2.05, 4.69) is 20.8 Å². The summed E-state index contributed by atoms with van der Waals surface area (Å²) >= 11 is 1.91. The minimum absolute atomic E-state index is 0.226. The monoisotopic (exact) mass is 211 g/mol. The summed E-state index contributed by atoms with van der Waals surface area (Å²) in [6.07, 6.45) is 0. The van der Waals surface area contributed by atoms with Crippen molar-refractivity contribution in [2.75, 3.05) is 5.75 Å². The van der Waals surface area contributed by atoms with Crippen LogP contribution in [0, 0.1) is 11.8 Å². The second-order valence-corrected chi connectivity index (χ2v) is 5.57. The predicted molar refractivity (Wildman–Crippen MR) is 59.8 cm³/mol. The van der Waals surface area contributed by atoms with Crippen LogP contribution in [0.4, 0.5) is 0 Å². The number of allylic oxidation sites excluding steroid dienone is 1. The molecule has 1 saturated heterocycles. The number of carbonyl (C=O) groups excluding carboxylic acids is 1. The maximum Gasteiger partial charge on any atom is 0.233 e. The van der Waals surface area contributed by atoms with Crippen LogP contribution in [0.2, 0.25) is 0 Å². The lowest BCUT2D eigenvalue weighted by Gasteiger charge is -2.49. The number of nitrogens with zero attached hydrogens (tertiary/aromatic N) is 1. The molecule has 0 radical (unpaired) electrons. The summed E-state index contributed by atoms with van der Waals surface area (Å²) in [4.78, 5) is 13.6. The maximum absolute atomic E-state index is 11.7. The third-order valence-corrected chi connectivity index (χ3v) is 4.68. The lowest BCUT2D eigenvalue weighted by atomic mass is 9.95. The molecule has 2 rings (SSSR count). The van der Waals surface area contributed by atoms with Gasteiger partial charge in [0, 0.05) is 11.4 Å². The summed E-state index contributed by atoms with van der Waals surface area (Å²) in [5.74, 6) is 2.19. The zero-order valence-corrected chi connectivity index (χ0v) is 10.0. The maximum atomic E-state index is 11.7. The number of hydrogen-bond donors (Lipinski definition) is 0. The van der Waals surface area contributed by atoms with Crippen LogP contribution >= 0.6 is 11.8 Å². The Hall–Kier alpha value is -0.440. The fourth-order valence-corrected chi connectivity index (χ4v) is 3.91. The molecule has 2 nitrogen and oxygen atoms in total. The molecule has 78 valence electrons. The molecule has 1 amide bonds. The number of hydrogen-bond acceptors (Lipinski definition) is 2. The normalized spacial score (nSPS) is 32.1. The van der Waals surface area contributed by atoms with Crippen molar-refractivity contribution < 1.29 is 4.79 Å². The van der Waals surface area contributed by atoms with E-state index in [4.69, 9.17) is 0 Å². The van der Waals surface area contributed by atoms with Gasteiger partial charge in [-0.25, -0.2) is 0 Å². The van der Waals surface area contributed by atoms with E-state index in [1.807, 2.05) is 23.6 Å². The van der Waals surface area contributed by atoms with E-state index in [0.717, 1.165) is 5.75 Å². The van der Waals surface area contributed by atoms with Gasteiger partial charge in [-0.1, -0.05) is 20.8 Å². The van der Waals surface area contributed by atoms with E-state index in [-0.39, 0.29) is 5.92 Å². The topological polar surface area (TPSA) is 20.3 Å². The quantitative estimate of drug-likeness (QED) is 0.621. The number of rotatable bonds is 1. The third kappa shape index (κ3) is 1.22. The number of amides is 1. The van der Waals surface area contributed by atoms with Gasteiger partial charge < -0.3 is 4.90 Å². The Balaban J connectivity index is 2.28. The zero-order chi connectivity index (χ0) is 10.5. The summed E-state index contributed by atoms with van der Waals surface area (Å²) in [5, 5.41) is 0.421. The molecule has 0 unspecified atom stereocenters. The average molecular weight is 211 g/mol. The van der Waals surface area contributed by atoms with Crippen LogP contribution in [0.15, 0.2) is 11.3 Å². The minimum atomic E-state index is 0.226. The van der Waals surface area contributed by atoms with Crippen LogP contribution in [-0.2, 0) is 4.79 Å². The molecule has 1 fully saturated rings. The van der Waals surface area contributed by atoms with E-state index < -0.39 is 0 Å². The number of carbonyl (C=O) groups is 1. The minimum Gasteiger partial charge on any atom is -0.303 e. The number of fused-ring (bicyclic) bond motifs is 1. The Labute approximate surface area is 89.7 Å². The highest BCUT2D eigenvalue weighted by Crippen LogP contribution is 2.44. The van der Waals surface area contributed by atoms with Crippen LogP contribution in [0.1, 0.15) is 27.7 Å². The van der Waals surface area contributed by atoms with Gasteiger partial charge in [0.05, 0.1) is 11.3 Å². The van der Waals surface area contributed by atoms with E-state index in [9.17, 15) is 4.79 Å². The fourth-order valence-electron chi connectivity index (χ4n) is 2.20. The first-order valence-electron chi connectivity index (χ1n) is 5.18. The standard InChI is InChI=1S/C11H17NOS/c1-6(2)9-5-14-11-7(3)10(13)12(11)8(9)4/h6-7,11H,5H2,1-4H3/t7-,11-/m1/s1. The molecule has 0 aliphatic carbocycles. The van der Waals surface area contributed by atoms with Crippen molar-refractivity contribution in [3.05, 3.63) is 11.3 Å². The number of thioether (sulfide) groups is 1. The molecule has 3 heteroatoms. The van der Waals surface area contributed by atoms with Crippen LogP contribution in [0.25, 0.3) is 0 Å². The SMILES string of the molecule is CC1=C(C(C)C)CS[C@@H]2[C@H](C)C(=O)N12. The van der Waals surface area contributed by atoms with E-state index in [1.54, 1.807) is 0 Å². The van der Waals surface area contributed by atoms with Crippen molar-refractivity contribution >= 4 is 17.7 Å². The second kappa shape index (κ2) is 3.30.